The zero-order chi connectivity index (χ0) is 18.6. The molecule has 0 aliphatic heterocycles. The van der Waals surface area contributed by atoms with Crippen LogP contribution in [0.2, 0.25) is 5.02 Å². The molecule has 25 heavy (non-hydrogen) atoms. The lowest BCUT2D eigenvalue weighted by Gasteiger charge is -2.10. The molecule has 0 radical (unpaired) electrons. The van der Waals surface area contributed by atoms with Crippen LogP contribution in [0.15, 0.2) is 34.8 Å². The number of halogens is 2. The summed E-state index contributed by atoms with van der Waals surface area (Å²) in [5, 5.41) is 10.1. The number of benzene rings is 2. The Morgan fingerprint density at radius 1 is 1.04 bits per heavy atom. The topological polar surface area (TPSA) is 65.0 Å². The summed E-state index contributed by atoms with van der Waals surface area (Å²) in [4.78, 5) is 12.5. The molecular formula is C18H16BrClO5. The van der Waals surface area contributed by atoms with Crippen molar-refractivity contribution < 1.29 is 24.1 Å². The number of ketones is 1. The number of aromatic hydroxyl groups is 1. The van der Waals surface area contributed by atoms with Crippen LogP contribution in [0.1, 0.15) is 15.9 Å². The van der Waals surface area contributed by atoms with E-state index in [1.807, 2.05) is 0 Å². The molecule has 0 spiro atoms. The van der Waals surface area contributed by atoms with E-state index in [0.717, 1.165) is 0 Å². The molecule has 1 N–H and O–H groups in total. The second-order valence-electron chi connectivity index (χ2n) is 4.94. The molecule has 2 aromatic carbocycles. The smallest absolute Gasteiger partial charge is 0.189 e. The van der Waals surface area contributed by atoms with Gasteiger partial charge in [-0.25, -0.2) is 0 Å². The molecule has 2 rings (SSSR count). The highest BCUT2D eigenvalue weighted by molar-refractivity contribution is 9.10. The first-order valence-electron chi connectivity index (χ1n) is 7.11. The molecule has 5 nitrogen and oxygen atoms in total. The number of hydrogen-bond donors (Lipinski definition) is 1. The van der Waals surface area contributed by atoms with E-state index in [2.05, 4.69) is 15.9 Å². The summed E-state index contributed by atoms with van der Waals surface area (Å²) in [6.07, 6.45) is 2.99. The Labute approximate surface area is 158 Å². The third-order valence-electron chi connectivity index (χ3n) is 3.44. The molecule has 0 aromatic heterocycles. The highest BCUT2D eigenvalue weighted by atomic mass is 79.9. The molecular weight excluding hydrogens is 412 g/mol. The van der Waals surface area contributed by atoms with E-state index >= 15 is 0 Å². The van der Waals surface area contributed by atoms with E-state index in [4.69, 9.17) is 25.8 Å². The SMILES string of the molecule is COc1cc(OC)c(C(=O)/C=C/c2cc(Br)c(O)c(OC)c2)cc1Cl. The average molecular weight is 428 g/mol. The van der Waals surface area contributed by atoms with Crippen LogP contribution in [0.25, 0.3) is 6.08 Å². The van der Waals surface area contributed by atoms with Crippen molar-refractivity contribution in [3.63, 3.8) is 0 Å². The fourth-order valence-electron chi connectivity index (χ4n) is 2.16. The first-order valence-corrected chi connectivity index (χ1v) is 8.28. The van der Waals surface area contributed by atoms with Gasteiger partial charge >= 0.3 is 0 Å². The van der Waals surface area contributed by atoms with Gasteiger partial charge in [-0.2, -0.15) is 0 Å². The van der Waals surface area contributed by atoms with E-state index < -0.39 is 0 Å². The molecule has 7 heteroatoms. The van der Waals surface area contributed by atoms with E-state index in [0.29, 0.717) is 37.9 Å². The maximum absolute atomic E-state index is 12.5. The third-order valence-corrected chi connectivity index (χ3v) is 4.34. The van der Waals surface area contributed by atoms with Crippen LogP contribution < -0.4 is 14.2 Å². The fraction of sp³-hybridized carbons (Fsp3) is 0.167. The zero-order valence-corrected chi connectivity index (χ0v) is 16.1. The van der Waals surface area contributed by atoms with Gasteiger partial charge in [0.15, 0.2) is 17.3 Å². The van der Waals surface area contributed by atoms with E-state index in [1.165, 1.54) is 33.5 Å². The first-order chi connectivity index (χ1) is 11.9. The highest BCUT2D eigenvalue weighted by Crippen LogP contribution is 2.36. The number of phenols is 1. The van der Waals surface area contributed by atoms with Crippen molar-refractivity contribution in [2.45, 2.75) is 0 Å². The maximum Gasteiger partial charge on any atom is 0.189 e. The van der Waals surface area contributed by atoms with Gasteiger partial charge in [-0.3, -0.25) is 4.79 Å². The normalized spacial score (nSPS) is 10.8. The molecule has 0 unspecified atom stereocenters. The monoisotopic (exact) mass is 426 g/mol. The van der Waals surface area contributed by atoms with E-state index in [9.17, 15) is 9.90 Å². The molecule has 132 valence electrons. The Morgan fingerprint density at radius 2 is 1.68 bits per heavy atom. The largest absolute Gasteiger partial charge is 0.503 e. The minimum Gasteiger partial charge on any atom is -0.503 e. The van der Waals surface area contributed by atoms with Gasteiger partial charge in [0.25, 0.3) is 0 Å². The summed E-state index contributed by atoms with van der Waals surface area (Å²) in [6.45, 7) is 0. The third kappa shape index (κ3) is 4.27. The van der Waals surface area contributed by atoms with Gasteiger partial charge in [-0.15, -0.1) is 0 Å². The lowest BCUT2D eigenvalue weighted by Crippen LogP contribution is -2.00. The second kappa shape index (κ2) is 8.27. The minimum atomic E-state index is -0.287. The molecule has 2 aromatic rings. The fourth-order valence-corrected chi connectivity index (χ4v) is 2.86. The number of hydrogen-bond acceptors (Lipinski definition) is 5. The van der Waals surface area contributed by atoms with Crippen molar-refractivity contribution in [2.75, 3.05) is 21.3 Å². The number of carbonyl (C=O) groups is 1. The summed E-state index contributed by atoms with van der Waals surface area (Å²) < 4.78 is 15.9. The quantitative estimate of drug-likeness (QED) is 0.533. The van der Waals surface area contributed by atoms with Crippen LogP contribution in [0, 0.1) is 0 Å². The number of methoxy groups -OCH3 is 3. The molecule has 0 saturated heterocycles. The van der Waals surface area contributed by atoms with Crippen LogP contribution in [-0.4, -0.2) is 32.2 Å². The summed E-state index contributed by atoms with van der Waals surface area (Å²) in [6, 6.07) is 6.34. The van der Waals surface area contributed by atoms with Crippen molar-refractivity contribution in [3.05, 3.63) is 51.0 Å². The van der Waals surface area contributed by atoms with Crippen molar-refractivity contribution in [2.24, 2.45) is 0 Å². The highest BCUT2D eigenvalue weighted by Gasteiger charge is 2.15. The predicted molar refractivity (Wildman–Crippen MR) is 100 cm³/mol. The predicted octanol–water partition coefficient (Wildman–Crippen LogP) is 4.73. The van der Waals surface area contributed by atoms with Crippen LogP contribution >= 0.6 is 27.5 Å². The Balaban J connectivity index is 2.35. The molecule has 0 amide bonds. The molecule has 0 saturated carbocycles. The van der Waals surface area contributed by atoms with E-state index in [-0.39, 0.29) is 11.5 Å². The lowest BCUT2D eigenvalue weighted by molar-refractivity contribution is 0.104. The van der Waals surface area contributed by atoms with E-state index in [1.54, 1.807) is 24.3 Å². The van der Waals surface area contributed by atoms with Crippen LogP contribution in [0.4, 0.5) is 0 Å². The van der Waals surface area contributed by atoms with Gasteiger partial charge in [0.1, 0.15) is 11.5 Å². The van der Waals surface area contributed by atoms with Crippen molar-refractivity contribution >= 4 is 39.4 Å². The van der Waals surface area contributed by atoms with Gasteiger partial charge in [-0.1, -0.05) is 17.7 Å². The number of rotatable bonds is 6. The standard InChI is InChI=1S/C18H16BrClO5/c1-23-15-9-16(24-2)13(20)8-11(15)14(21)5-4-10-6-12(19)18(22)17(7-10)25-3/h4-9,22H,1-3H3/b5-4+. The van der Waals surface area contributed by atoms with Crippen molar-refractivity contribution in [3.8, 4) is 23.0 Å². The van der Waals surface area contributed by atoms with Gasteiger partial charge < -0.3 is 19.3 Å². The van der Waals surface area contributed by atoms with Gasteiger partial charge in [0, 0.05) is 6.07 Å². The summed E-state index contributed by atoms with van der Waals surface area (Å²) >= 11 is 9.33. The number of carbonyl (C=O) groups excluding carboxylic acids is 1. The summed E-state index contributed by atoms with van der Waals surface area (Å²) in [7, 11) is 4.40. The van der Waals surface area contributed by atoms with Gasteiger partial charge in [0.2, 0.25) is 0 Å². The molecule has 0 heterocycles. The van der Waals surface area contributed by atoms with Gasteiger partial charge in [0.05, 0.1) is 36.4 Å². The Bertz CT molecular complexity index is 833. The first kappa shape index (κ1) is 19.1. The molecule has 0 aliphatic rings. The Morgan fingerprint density at radius 3 is 2.28 bits per heavy atom. The van der Waals surface area contributed by atoms with Gasteiger partial charge in [-0.05, 0) is 45.8 Å². The second-order valence-corrected chi connectivity index (χ2v) is 6.20. The summed E-state index contributed by atoms with van der Waals surface area (Å²) in [5.74, 6) is 0.789. The summed E-state index contributed by atoms with van der Waals surface area (Å²) in [5.41, 5.74) is 0.989. The molecule has 0 bridgehead atoms. The van der Waals surface area contributed by atoms with Crippen molar-refractivity contribution in [1.29, 1.82) is 0 Å². The van der Waals surface area contributed by atoms with Crippen LogP contribution in [-0.2, 0) is 0 Å². The number of ether oxygens (including phenoxy) is 3. The lowest BCUT2D eigenvalue weighted by atomic mass is 10.1. The number of phenolic OH excluding ortho intramolecular Hbond substituents is 1. The Kier molecular flexibility index (Phi) is 6.33. The number of allylic oxidation sites excluding steroid dienone is 1. The zero-order valence-electron chi connectivity index (χ0n) is 13.8. The average Bonchev–Trinajstić information content (AvgIpc) is 2.61. The molecule has 0 aliphatic carbocycles. The van der Waals surface area contributed by atoms with Crippen LogP contribution in [0.5, 0.6) is 23.0 Å². The minimum absolute atomic E-state index is 0.00502. The Hall–Kier alpha value is -2.18. The maximum atomic E-state index is 12.5. The molecule has 0 atom stereocenters. The van der Waals surface area contributed by atoms with Crippen molar-refractivity contribution in [1.82, 2.24) is 0 Å². The molecule has 0 fully saturated rings. The van der Waals surface area contributed by atoms with Crippen LogP contribution in [0.3, 0.4) is 0 Å².